The first kappa shape index (κ1) is 25.6. The van der Waals surface area contributed by atoms with Crippen molar-refractivity contribution in [2.45, 2.75) is 0 Å². The van der Waals surface area contributed by atoms with E-state index in [1.165, 1.54) is 41.8 Å². The van der Waals surface area contributed by atoms with Gasteiger partial charge in [0.15, 0.2) is 6.61 Å². The van der Waals surface area contributed by atoms with Crippen LogP contribution in [0.4, 0.5) is 5.69 Å². The molecular weight excluding hydrogens is 522 g/mol. The summed E-state index contributed by atoms with van der Waals surface area (Å²) in [5.74, 6) is 0.195. The van der Waals surface area contributed by atoms with Crippen LogP contribution in [0, 0.1) is 10.1 Å². The highest BCUT2D eigenvalue weighted by Gasteiger charge is 2.19. The molecule has 10 nitrogen and oxygen atoms in total. The zero-order valence-corrected chi connectivity index (χ0v) is 20.7. The van der Waals surface area contributed by atoms with Crippen molar-refractivity contribution in [3.8, 4) is 17.2 Å². The molecule has 1 amide bonds. The van der Waals surface area contributed by atoms with Gasteiger partial charge in [-0.05, 0) is 60.2 Å². The van der Waals surface area contributed by atoms with Gasteiger partial charge in [0.25, 0.3) is 11.6 Å². The second-order valence-corrected chi connectivity index (χ2v) is 8.83. The van der Waals surface area contributed by atoms with E-state index in [1.54, 1.807) is 49.6 Å². The van der Waals surface area contributed by atoms with Crippen LogP contribution in [0.5, 0.6) is 17.2 Å². The molecule has 0 fully saturated rings. The zero-order chi connectivity index (χ0) is 26.4. The van der Waals surface area contributed by atoms with Gasteiger partial charge in [-0.3, -0.25) is 14.9 Å². The summed E-state index contributed by atoms with van der Waals surface area (Å²) < 4.78 is 16.7. The number of nitro benzene ring substituents is 1. The number of hydrogen-bond donors (Lipinski definition) is 1. The van der Waals surface area contributed by atoms with Crippen LogP contribution in [0.1, 0.15) is 15.2 Å². The SMILES string of the molecule is COc1ccc2c(Cl)c(C(=O)Oc3ccc(/C=N\NC(=O)COc4ccc([N+](=O)[O-])cc4)cc3)sc2c1. The molecule has 12 heteroatoms. The maximum absolute atomic E-state index is 12.7. The number of carbonyl (C=O) groups is 2. The molecular formula is C25H18ClN3O7S. The van der Waals surface area contributed by atoms with Crippen molar-refractivity contribution in [1.82, 2.24) is 5.43 Å². The van der Waals surface area contributed by atoms with Gasteiger partial charge in [0.05, 0.1) is 23.3 Å². The normalized spacial score (nSPS) is 10.9. The maximum atomic E-state index is 12.7. The third-order valence-corrected chi connectivity index (χ3v) is 6.57. The molecule has 37 heavy (non-hydrogen) atoms. The van der Waals surface area contributed by atoms with E-state index in [1.807, 2.05) is 0 Å². The van der Waals surface area contributed by atoms with Gasteiger partial charge in [-0.15, -0.1) is 11.3 Å². The first-order chi connectivity index (χ1) is 17.8. The number of nitro groups is 1. The van der Waals surface area contributed by atoms with Crippen LogP contribution in [0.3, 0.4) is 0 Å². The summed E-state index contributed by atoms with van der Waals surface area (Å²) in [6, 6.07) is 17.2. The Hall–Kier alpha value is -4.48. The van der Waals surface area contributed by atoms with E-state index < -0.39 is 16.8 Å². The Morgan fingerprint density at radius 2 is 1.73 bits per heavy atom. The molecule has 4 aromatic rings. The summed E-state index contributed by atoms with van der Waals surface area (Å²) in [5.41, 5.74) is 2.88. The molecule has 1 heterocycles. The molecule has 0 aliphatic heterocycles. The molecule has 0 unspecified atom stereocenters. The smallest absolute Gasteiger partial charge is 0.355 e. The molecule has 4 rings (SSSR count). The number of ether oxygens (including phenoxy) is 3. The van der Waals surface area contributed by atoms with Crippen LogP contribution in [0.25, 0.3) is 10.1 Å². The van der Waals surface area contributed by atoms with Crippen molar-refractivity contribution in [3.05, 3.63) is 92.3 Å². The van der Waals surface area contributed by atoms with Gasteiger partial charge in [-0.2, -0.15) is 5.10 Å². The Morgan fingerprint density at radius 1 is 1.05 bits per heavy atom. The number of esters is 1. The third-order valence-electron chi connectivity index (χ3n) is 4.93. The molecule has 0 spiro atoms. The molecule has 188 valence electrons. The van der Waals surface area contributed by atoms with E-state index >= 15 is 0 Å². The van der Waals surface area contributed by atoms with Gasteiger partial charge in [0.2, 0.25) is 0 Å². The number of nitrogens with zero attached hydrogens (tertiary/aromatic N) is 2. The van der Waals surface area contributed by atoms with Crippen molar-refractivity contribution in [2.75, 3.05) is 13.7 Å². The average molecular weight is 540 g/mol. The van der Waals surface area contributed by atoms with E-state index in [9.17, 15) is 19.7 Å². The Bertz CT molecular complexity index is 1480. The molecule has 1 aromatic heterocycles. The lowest BCUT2D eigenvalue weighted by atomic mass is 10.2. The number of amides is 1. The van der Waals surface area contributed by atoms with E-state index in [4.69, 9.17) is 25.8 Å². The van der Waals surface area contributed by atoms with Crippen LogP contribution in [0.2, 0.25) is 5.02 Å². The zero-order valence-electron chi connectivity index (χ0n) is 19.2. The highest BCUT2D eigenvalue weighted by Crippen LogP contribution is 2.37. The lowest BCUT2D eigenvalue weighted by molar-refractivity contribution is -0.384. The number of fused-ring (bicyclic) bond motifs is 1. The number of hydrazone groups is 1. The van der Waals surface area contributed by atoms with E-state index in [0.717, 1.165) is 10.1 Å². The summed E-state index contributed by atoms with van der Waals surface area (Å²) >= 11 is 7.60. The maximum Gasteiger partial charge on any atom is 0.355 e. The Balaban J connectivity index is 1.28. The fourth-order valence-corrected chi connectivity index (χ4v) is 4.52. The number of carbonyl (C=O) groups excluding carboxylic acids is 2. The predicted molar refractivity (Wildman–Crippen MR) is 139 cm³/mol. The molecule has 0 aliphatic carbocycles. The molecule has 3 aromatic carbocycles. The van der Waals surface area contributed by atoms with Gasteiger partial charge in [-0.1, -0.05) is 11.6 Å². The lowest BCUT2D eigenvalue weighted by Gasteiger charge is -2.05. The summed E-state index contributed by atoms with van der Waals surface area (Å²) in [7, 11) is 1.56. The summed E-state index contributed by atoms with van der Waals surface area (Å²) in [4.78, 5) is 35.0. The summed E-state index contributed by atoms with van der Waals surface area (Å²) in [6.45, 7) is -0.322. The highest BCUT2D eigenvalue weighted by atomic mass is 35.5. The number of methoxy groups -OCH3 is 1. The number of thiophene rings is 1. The van der Waals surface area contributed by atoms with Crippen molar-refractivity contribution in [3.63, 3.8) is 0 Å². The first-order valence-corrected chi connectivity index (χ1v) is 11.8. The quantitative estimate of drug-likeness (QED) is 0.101. The van der Waals surface area contributed by atoms with Crippen LogP contribution < -0.4 is 19.6 Å². The minimum atomic E-state index is -0.577. The second kappa shape index (κ2) is 11.5. The minimum Gasteiger partial charge on any atom is -0.497 e. The molecule has 0 bridgehead atoms. The van der Waals surface area contributed by atoms with Crippen molar-refractivity contribution < 1.29 is 28.7 Å². The number of halogens is 1. The number of hydrogen-bond acceptors (Lipinski definition) is 9. The Kier molecular flexibility index (Phi) is 7.96. The van der Waals surface area contributed by atoms with Crippen LogP contribution in [-0.2, 0) is 4.79 Å². The summed E-state index contributed by atoms with van der Waals surface area (Å²) in [6.07, 6.45) is 1.41. The van der Waals surface area contributed by atoms with Crippen molar-refractivity contribution >= 4 is 56.8 Å². The Labute approximate surface area is 219 Å². The monoisotopic (exact) mass is 539 g/mol. The van der Waals surface area contributed by atoms with Crippen molar-refractivity contribution in [1.29, 1.82) is 0 Å². The molecule has 0 aliphatic rings. The van der Waals surface area contributed by atoms with Gasteiger partial charge in [0.1, 0.15) is 22.1 Å². The standard InChI is InChI=1S/C25H18ClN3O7S/c1-34-19-10-11-20-21(12-19)37-24(23(20)26)25(31)36-18-6-2-15(3-7-18)13-27-28-22(30)14-35-17-8-4-16(5-9-17)29(32)33/h2-13H,14H2,1H3,(H,28,30)/b27-13-. The number of non-ortho nitro benzene ring substituents is 1. The largest absolute Gasteiger partial charge is 0.497 e. The van der Waals surface area contributed by atoms with Crippen LogP contribution >= 0.6 is 22.9 Å². The van der Waals surface area contributed by atoms with Crippen LogP contribution in [-0.4, -0.2) is 36.7 Å². The highest BCUT2D eigenvalue weighted by molar-refractivity contribution is 7.21. The third kappa shape index (κ3) is 6.40. The fourth-order valence-electron chi connectivity index (χ4n) is 3.10. The predicted octanol–water partition coefficient (Wildman–Crippen LogP) is 5.22. The molecule has 0 saturated carbocycles. The number of benzene rings is 3. The van der Waals surface area contributed by atoms with Gasteiger partial charge < -0.3 is 14.2 Å². The van der Waals surface area contributed by atoms with E-state index in [-0.39, 0.29) is 17.2 Å². The minimum absolute atomic E-state index is 0.0767. The molecule has 0 radical (unpaired) electrons. The lowest BCUT2D eigenvalue weighted by Crippen LogP contribution is -2.24. The fraction of sp³-hybridized carbons (Fsp3) is 0.0800. The number of rotatable bonds is 9. The van der Waals surface area contributed by atoms with Crippen molar-refractivity contribution in [2.24, 2.45) is 5.10 Å². The first-order valence-electron chi connectivity index (χ1n) is 10.6. The molecule has 1 N–H and O–H groups in total. The van der Waals surface area contributed by atoms with Gasteiger partial charge in [-0.25, -0.2) is 10.2 Å². The van der Waals surface area contributed by atoms with Gasteiger partial charge in [0, 0.05) is 22.2 Å². The van der Waals surface area contributed by atoms with E-state index in [0.29, 0.717) is 27.8 Å². The molecule has 0 saturated heterocycles. The number of nitrogens with one attached hydrogen (secondary N) is 1. The summed E-state index contributed by atoms with van der Waals surface area (Å²) in [5, 5.41) is 15.6. The average Bonchev–Trinajstić information content (AvgIpc) is 3.24. The molecule has 0 atom stereocenters. The Morgan fingerprint density at radius 3 is 2.41 bits per heavy atom. The van der Waals surface area contributed by atoms with E-state index in [2.05, 4.69) is 10.5 Å². The topological polar surface area (TPSA) is 129 Å². The second-order valence-electron chi connectivity index (χ2n) is 7.40. The van der Waals surface area contributed by atoms with Crippen LogP contribution in [0.15, 0.2) is 71.8 Å². The van der Waals surface area contributed by atoms with Gasteiger partial charge >= 0.3 is 5.97 Å².